The summed E-state index contributed by atoms with van der Waals surface area (Å²) in [6.07, 6.45) is 4.46. The lowest BCUT2D eigenvalue weighted by atomic mass is 9.90. The molecule has 194 valence electrons. The van der Waals surface area contributed by atoms with Gasteiger partial charge in [0.15, 0.2) is 0 Å². The second-order valence-corrected chi connectivity index (χ2v) is 9.91. The van der Waals surface area contributed by atoms with E-state index >= 15 is 4.39 Å². The number of benzene rings is 3. The number of ether oxygens (including phenoxy) is 3. The molecule has 38 heavy (non-hydrogen) atoms. The topological polar surface area (TPSA) is 75.5 Å². The van der Waals surface area contributed by atoms with Gasteiger partial charge in [0.1, 0.15) is 36.1 Å². The number of carbonyl (C=O) groups is 1. The standard InChI is InChI=1S/C30H28FN3O4/c1-17-10-20(34-16-32-15-33-34)11-18(2)29(17)23-6-8-25(31)30-24(23)7-9-26(30)38-21-4-5-22-19(12-28(35)36-3)14-37-27(22)13-21/h4-6,8,10-11,13,15-16,19,26H,7,9,12,14H2,1-3H3. The zero-order valence-corrected chi connectivity index (χ0v) is 21.5. The number of esters is 1. The molecule has 7 nitrogen and oxygen atoms in total. The van der Waals surface area contributed by atoms with E-state index in [1.165, 1.54) is 13.4 Å². The summed E-state index contributed by atoms with van der Waals surface area (Å²) in [6, 6.07) is 13.2. The lowest BCUT2D eigenvalue weighted by molar-refractivity contribution is -0.141. The molecule has 3 aromatic carbocycles. The third kappa shape index (κ3) is 4.20. The molecule has 0 spiro atoms. The lowest BCUT2D eigenvalue weighted by Gasteiger charge is -2.19. The number of aryl methyl sites for hydroxylation is 2. The van der Waals surface area contributed by atoms with E-state index in [-0.39, 0.29) is 24.1 Å². The molecule has 0 saturated carbocycles. The summed E-state index contributed by atoms with van der Waals surface area (Å²) >= 11 is 0. The maximum atomic E-state index is 15.2. The van der Waals surface area contributed by atoms with Crippen molar-refractivity contribution in [3.8, 4) is 28.3 Å². The van der Waals surface area contributed by atoms with Gasteiger partial charge in [0.2, 0.25) is 0 Å². The number of nitrogens with zero attached hydrogens (tertiary/aromatic N) is 3. The molecule has 8 heteroatoms. The van der Waals surface area contributed by atoms with Gasteiger partial charge in [-0.25, -0.2) is 14.1 Å². The van der Waals surface area contributed by atoms with Crippen LogP contribution in [0.4, 0.5) is 4.39 Å². The highest BCUT2D eigenvalue weighted by molar-refractivity contribution is 5.77. The van der Waals surface area contributed by atoms with Crippen LogP contribution in [0.5, 0.6) is 11.5 Å². The molecule has 2 heterocycles. The summed E-state index contributed by atoms with van der Waals surface area (Å²) in [5, 5.41) is 4.24. The van der Waals surface area contributed by atoms with Gasteiger partial charge >= 0.3 is 5.97 Å². The number of methoxy groups -OCH3 is 1. The highest BCUT2D eigenvalue weighted by Crippen LogP contribution is 2.45. The maximum Gasteiger partial charge on any atom is 0.306 e. The van der Waals surface area contributed by atoms with E-state index in [1.807, 2.05) is 24.3 Å². The van der Waals surface area contributed by atoms with E-state index in [0.717, 1.165) is 45.5 Å². The SMILES string of the molecule is COC(=O)CC1COc2cc(OC3CCc4c(-c5c(C)cc(-n6cncn6)cc5C)ccc(F)c43)ccc21. The van der Waals surface area contributed by atoms with E-state index in [0.29, 0.717) is 30.1 Å². The molecule has 2 unspecified atom stereocenters. The Hall–Kier alpha value is -4.20. The van der Waals surface area contributed by atoms with E-state index in [2.05, 4.69) is 36.1 Å². The van der Waals surface area contributed by atoms with Crippen molar-refractivity contribution in [2.45, 2.75) is 45.1 Å². The molecule has 0 radical (unpaired) electrons. The molecule has 0 fully saturated rings. The van der Waals surface area contributed by atoms with Gasteiger partial charge in [-0.2, -0.15) is 5.10 Å². The number of fused-ring (bicyclic) bond motifs is 2. The number of hydrogen-bond donors (Lipinski definition) is 0. The molecule has 0 amide bonds. The first kappa shape index (κ1) is 24.2. The van der Waals surface area contributed by atoms with Crippen LogP contribution in [0.2, 0.25) is 0 Å². The van der Waals surface area contributed by atoms with Crippen LogP contribution in [0.25, 0.3) is 16.8 Å². The molecule has 1 aliphatic carbocycles. The van der Waals surface area contributed by atoms with Crippen LogP contribution in [0, 0.1) is 19.7 Å². The Morgan fingerprint density at radius 2 is 1.97 bits per heavy atom. The number of carbonyl (C=O) groups excluding carboxylic acids is 1. The average Bonchev–Trinajstić information content (AvgIpc) is 3.66. The maximum absolute atomic E-state index is 15.2. The van der Waals surface area contributed by atoms with Crippen molar-refractivity contribution >= 4 is 5.97 Å². The Morgan fingerprint density at radius 3 is 2.71 bits per heavy atom. The van der Waals surface area contributed by atoms with Crippen LogP contribution in [0.3, 0.4) is 0 Å². The second kappa shape index (κ2) is 9.59. The molecule has 1 aliphatic heterocycles. The van der Waals surface area contributed by atoms with Gasteiger partial charge in [-0.05, 0) is 78.8 Å². The van der Waals surface area contributed by atoms with Crippen molar-refractivity contribution in [1.29, 1.82) is 0 Å². The average molecular weight is 514 g/mol. The second-order valence-electron chi connectivity index (χ2n) is 9.91. The fourth-order valence-electron chi connectivity index (χ4n) is 5.81. The Morgan fingerprint density at radius 1 is 1.16 bits per heavy atom. The van der Waals surface area contributed by atoms with Crippen molar-refractivity contribution in [2.75, 3.05) is 13.7 Å². The third-order valence-electron chi connectivity index (χ3n) is 7.54. The Balaban J connectivity index is 1.29. The fourth-order valence-corrected chi connectivity index (χ4v) is 5.81. The highest BCUT2D eigenvalue weighted by Gasteiger charge is 2.32. The molecule has 0 saturated heterocycles. The van der Waals surface area contributed by atoms with Gasteiger partial charge in [0.25, 0.3) is 0 Å². The van der Waals surface area contributed by atoms with E-state index in [1.54, 1.807) is 17.1 Å². The lowest BCUT2D eigenvalue weighted by Crippen LogP contribution is -2.09. The third-order valence-corrected chi connectivity index (χ3v) is 7.54. The van der Waals surface area contributed by atoms with Crippen LogP contribution < -0.4 is 9.47 Å². The number of hydrogen-bond acceptors (Lipinski definition) is 6. The molecule has 0 N–H and O–H groups in total. The van der Waals surface area contributed by atoms with E-state index in [9.17, 15) is 4.79 Å². The molecule has 2 aliphatic rings. The molecular formula is C30H28FN3O4. The van der Waals surface area contributed by atoms with Crippen molar-refractivity contribution in [3.05, 3.63) is 88.8 Å². The zero-order valence-electron chi connectivity index (χ0n) is 21.5. The van der Waals surface area contributed by atoms with Crippen molar-refractivity contribution in [2.24, 2.45) is 0 Å². The smallest absolute Gasteiger partial charge is 0.306 e. The summed E-state index contributed by atoms with van der Waals surface area (Å²) in [5.74, 6) is 0.758. The van der Waals surface area contributed by atoms with E-state index in [4.69, 9.17) is 14.2 Å². The Labute approximate surface area is 220 Å². The van der Waals surface area contributed by atoms with Crippen LogP contribution in [-0.2, 0) is 16.0 Å². The molecule has 1 aromatic heterocycles. The summed E-state index contributed by atoms with van der Waals surface area (Å²) in [5.41, 5.74) is 7.83. The van der Waals surface area contributed by atoms with Gasteiger partial charge < -0.3 is 14.2 Å². The van der Waals surface area contributed by atoms with Crippen molar-refractivity contribution in [1.82, 2.24) is 14.8 Å². The minimum Gasteiger partial charge on any atom is -0.492 e. The summed E-state index contributed by atoms with van der Waals surface area (Å²) in [6.45, 7) is 4.56. The van der Waals surface area contributed by atoms with Crippen LogP contribution in [0.15, 0.2) is 55.1 Å². The van der Waals surface area contributed by atoms with Gasteiger partial charge in [-0.15, -0.1) is 0 Å². The monoisotopic (exact) mass is 513 g/mol. The van der Waals surface area contributed by atoms with Crippen molar-refractivity contribution < 1.29 is 23.4 Å². The first-order valence-corrected chi connectivity index (χ1v) is 12.7. The number of aromatic nitrogens is 3. The summed E-state index contributed by atoms with van der Waals surface area (Å²) < 4.78 is 33.9. The molecule has 6 rings (SSSR count). The van der Waals surface area contributed by atoms with Gasteiger partial charge in [-0.3, -0.25) is 4.79 Å². The first-order valence-electron chi connectivity index (χ1n) is 12.7. The number of halogens is 1. The minimum absolute atomic E-state index is 0.0406. The van der Waals surface area contributed by atoms with Gasteiger partial charge in [0, 0.05) is 23.1 Å². The Bertz CT molecular complexity index is 1510. The molecule has 0 bridgehead atoms. The normalized spacial score (nSPS) is 17.6. The van der Waals surface area contributed by atoms with Crippen molar-refractivity contribution in [3.63, 3.8) is 0 Å². The zero-order chi connectivity index (χ0) is 26.4. The van der Waals surface area contributed by atoms with Gasteiger partial charge in [0.05, 0.1) is 25.8 Å². The van der Waals surface area contributed by atoms with E-state index < -0.39 is 6.10 Å². The predicted octanol–water partition coefficient (Wildman–Crippen LogP) is 5.80. The first-order chi connectivity index (χ1) is 18.4. The molecular weight excluding hydrogens is 485 g/mol. The number of rotatable bonds is 6. The minimum atomic E-state index is -0.398. The fraction of sp³-hybridized carbons (Fsp3) is 0.300. The van der Waals surface area contributed by atoms with Crippen LogP contribution in [-0.4, -0.2) is 34.5 Å². The quantitative estimate of drug-likeness (QED) is 0.304. The summed E-state index contributed by atoms with van der Waals surface area (Å²) in [7, 11) is 1.39. The Kier molecular flexibility index (Phi) is 6.10. The highest BCUT2D eigenvalue weighted by atomic mass is 19.1. The summed E-state index contributed by atoms with van der Waals surface area (Å²) in [4.78, 5) is 15.8. The van der Waals surface area contributed by atoms with Gasteiger partial charge in [-0.1, -0.05) is 12.1 Å². The van der Waals surface area contributed by atoms with Crippen LogP contribution >= 0.6 is 0 Å². The van der Waals surface area contributed by atoms with Crippen LogP contribution in [0.1, 0.15) is 52.7 Å². The molecule has 4 aromatic rings. The largest absolute Gasteiger partial charge is 0.492 e. The molecule has 2 atom stereocenters. The predicted molar refractivity (Wildman–Crippen MR) is 139 cm³/mol.